The minimum atomic E-state index is -0.470. The average molecular weight is 267 g/mol. The topological polar surface area (TPSA) is 47.6 Å². The molecule has 104 valence electrons. The molecule has 0 radical (unpaired) electrons. The maximum absolute atomic E-state index is 13.3. The Morgan fingerprint density at radius 1 is 1.58 bits per heavy atom. The van der Waals surface area contributed by atoms with Gasteiger partial charge in [0.25, 0.3) is 5.91 Å². The summed E-state index contributed by atoms with van der Waals surface area (Å²) >= 11 is 0. The maximum Gasteiger partial charge on any atom is 0.258 e. The number of benzene rings is 1. The van der Waals surface area contributed by atoms with E-state index in [0.717, 1.165) is 19.4 Å². The minimum Gasteiger partial charge on any atom is -0.481 e. The molecule has 2 rings (SSSR count). The van der Waals surface area contributed by atoms with Crippen LogP contribution >= 0.6 is 0 Å². The van der Waals surface area contributed by atoms with Gasteiger partial charge >= 0.3 is 0 Å². The molecule has 1 N–H and O–H groups in total. The fraction of sp³-hybridized carbons (Fsp3) is 0.500. The van der Waals surface area contributed by atoms with Gasteiger partial charge in [0.05, 0.1) is 12.1 Å². The van der Waals surface area contributed by atoms with Crippen molar-refractivity contribution in [3.8, 4) is 5.75 Å². The predicted octanol–water partition coefficient (Wildman–Crippen LogP) is 1.89. The van der Waals surface area contributed by atoms with E-state index in [0.29, 0.717) is 0 Å². The van der Waals surface area contributed by atoms with Gasteiger partial charge in [-0.25, -0.2) is 4.39 Å². The summed E-state index contributed by atoms with van der Waals surface area (Å²) in [5, 5.41) is 2.80. The monoisotopic (exact) mass is 267 g/mol. The van der Waals surface area contributed by atoms with Gasteiger partial charge in [-0.1, -0.05) is 12.1 Å². The van der Waals surface area contributed by atoms with Crippen molar-refractivity contribution in [2.24, 2.45) is 0 Å². The number of amides is 1. The minimum absolute atomic E-state index is 0.0563. The second kappa shape index (κ2) is 6.52. The third kappa shape index (κ3) is 3.92. The van der Waals surface area contributed by atoms with Crippen molar-refractivity contribution in [2.75, 3.05) is 13.2 Å². The third-order valence-electron chi connectivity index (χ3n) is 3.11. The van der Waals surface area contributed by atoms with E-state index in [2.05, 4.69) is 5.32 Å². The van der Waals surface area contributed by atoms with Crippen LogP contribution in [-0.2, 0) is 9.53 Å². The van der Waals surface area contributed by atoms with Crippen molar-refractivity contribution < 1.29 is 18.7 Å². The molecule has 1 aliphatic rings. The maximum atomic E-state index is 13.3. The fourth-order valence-corrected chi connectivity index (χ4v) is 2.09. The predicted molar refractivity (Wildman–Crippen MR) is 68.5 cm³/mol. The van der Waals surface area contributed by atoms with Gasteiger partial charge in [-0.3, -0.25) is 4.79 Å². The highest BCUT2D eigenvalue weighted by atomic mass is 19.1. The Labute approximate surface area is 111 Å². The van der Waals surface area contributed by atoms with Crippen molar-refractivity contribution in [3.05, 3.63) is 30.1 Å². The lowest BCUT2D eigenvalue weighted by Crippen LogP contribution is -2.42. The summed E-state index contributed by atoms with van der Waals surface area (Å²) in [5.74, 6) is -0.656. The van der Waals surface area contributed by atoms with Gasteiger partial charge in [-0.2, -0.15) is 0 Å². The molecule has 0 bridgehead atoms. The van der Waals surface area contributed by atoms with E-state index < -0.39 is 5.82 Å². The molecule has 4 nitrogen and oxygen atoms in total. The molecule has 2 unspecified atom stereocenters. The lowest BCUT2D eigenvalue weighted by Gasteiger charge is -2.20. The van der Waals surface area contributed by atoms with Crippen LogP contribution in [0.5, 0.6) is 5.75 Å². The number of nitrogens with one attached hydrogen (secondary N) is 1. The second-order valence-corrected chi connectivity index (χ2v) is 4.63. The normalized spacial score (nSPS) is 20.0. The number of carbonyl (C=O) groups excluding carboxylic acids is 1. The molecule has 0 saturated carbocycles. The van der Waals surface area contributed by atoms with E-state index in [-0.39, 0.29) is 30.4 Å². The molecule has 1 fully saturated rings. The first-order chi connectivity index (χ1) is 9.16. The van der Waals surface area contributed by atoms with Crippen LogP contribution in [0.2, 0.25) is 0 Å². The van der Waals surface area contributed by atoms with Crippen LogP contribution in [0.1, 0.15) is 19.8 Å². The number of carbonyl (C=O) groups is 1. The van der Waals surface area contributed by atoms with Crippen molar-refractivity contribution >= 4 is 5.91 Å². The molecular weight excluding hydrogens is 249 g/mol. The molecule has 19 heavy (non-hydrogen) atoms. The number of ether oxygens (including phenoxy) is 2. The first kappa shape index (κ1) is 13.8. The molecule has 1 saturated heterocycles. The Hall–Kier alpha value is -1.62. The zero-order chi connectivity index (χ0) is 13.7. The summed E-state index contributed by atoms with van der Waals surface area (Å²) in [6, 6.07) is 5.96. The Bertz CT molecular complexity index is 432. The largest absolute Gasteiger partial charge is 0.481 e. The van der Waals surface area contributed by atoms with E-state index in [4.69, 9.17) is 9.47 Å². The van der Waals surface area contributed by atoms with E-state index in [1.54, 1.807) is 12.1 Å². The zero-order valence-corrected chi connectivity index (χ0v) is 10.9. The first-order valence-electron chi connectivity index (χ1n) is 6.45. The number of hydrogen-bond acceptors (Lipinski definition) is 3. The Morgan fingerprint density at radius 2 is 2.37 bits per heavy atom. The highest BCUT2D eigenvalue weighted by Crippen LogP contribution is 2.16. The highest BCUT2D eigenvalue weighted by molar-refractivity contribution is 5.77. The van der Waals surface area contributed by atoms with Crippen LogP contribution in [0, 0.1) is 5.82 Å². The molecule has 1 aliphatic heterocycles. The molecule has 1 heterocycles. The molecule has 1 aromatic carbocycles. The van der Waals surface area contributed by atoms with E-state index in [1.807, 2.05) is 6.92 Å². The molecule has 1 aromatic rings. The smallest absolute Gasteiger partial charge is 0.258 e. The third-order valence-corrected chi connectivity index (χ3v) is 3.11. The molecule has 0 spiro atoms. The van der Waals surface area contributed by atoms with Crippen LogP contribution < -0.4 is 10.1 Å². The van der Waals surface area contributed by atoms with Crippen molar-refractivity contribution in [1.29, 1.82) is 0 Å². The van der Waals surface area contributed by atoms with Crippen LogP contribution in [0.3, 0.4) is 0 Å². The van der Waals surface area contributed by atoms with Crippen LogP contribution in [0.25, 0.3) is 0 Å². The molecular formula is C14H18FNO3. The van der Waals surface area contributed by atoms with Gasteiger partial charge in [0.15, 0.2) is 18.2 Å². The fourth-order valence-electron chi connectivity index (χ4n) is 2.09. The molecule has 0 aromatic heterocycles. The van der Waals surface area contributed by atoms with Crippen molar-refractivity contribution in [2.45, 2.75) is 31.9 Å². The average Bonchev–Trinajstić information content (AvgIpc) is 2.91. The number of halogens is 1. The summed E-state index contributed by atoms with van der Waals surface area (Å²) in [4.78, 5) is 11.7. The Kier molecular flexibility index (Phi) is 4.74. The van der Waals surface area contributed by atoms with Crippen LogP contribution in [-0.4, -0.2) is 31.3 Å². The molecule has 2 atom stereocenters. The first-order valence-corrected chi connectivity index (χ1v) is 6.45. The standard InChI is InChI=1S/C14H18FNO3/c1-10(12-7-4-8-18-12)16-14(17)9-19-13-6-3-2-5-11(13)15/h2-3,5-6,10,12H,4,7-9H2,1H3,(H,16,17). The lowest BCUT2D eigenvalue weighted by molar-refractivity contribution is -0.124. The Balaban J connectivity index is 1.77. The van der Waals surface area contributed by atoms with Gasteiger partial charge in [-0.05, 0) is 31.9 Å². The van der Waals surface area contributed by atoms with E-state index in [1.165, 1.54) is 12.1 Å². The van der Waals surface area contributed by atoms with Crippen LogP contribution in [0.4, 0.5) is 4.39 Å². The SMILES string of the molecule is CC(NC(=O)COc1ccccc1F)C1CCCO1. The van der Waals surface area contributed by atoms with Gasteiger partial charge in [0.2, 0.25) is 0 Å². The number of rotatable bonds is 5. The highest BCUT2D eigenvalue weighted by Gasteiger charge is 2.23. The van der Waals surface area contributed by atoms with Gasteiger partial charge in [-0.15, -0.1) is 0 Å². The molecule has 0 aliphatic carbocycles. The zero-order valence-electron chi connectivity index (χ0n) is 10.9. The second-order valence-electron chi connectivity index (χ2n) is 4.63. The summed E-state index contributed by atoms with van der Waals surface area (Å²) in [6.45, 7) is 2.45. The number of hydrogen-bond donors (Lipinski definition) is 1. The van der Waals surface area contributed by atoms with Gasteiger partial charge in [0, 0.05) is 6.61 Å². The summed E-state index contributed by atoms with van der Waals surface area (Å²) in [7, 11) is 0. The summed E-state index contributed by atoms with van der Waals surface area (Å²) in [6.07, 6.45) is 2.05. The van der Waals surface area contributed by atoms with E-state index in [9.17, 15) is 9.18 Å². The van der Waals surface area contributed by atoms with Gasteiger partial charge in [0.1, 0.15) is 0 Å². The van der Waals surface area contributed by atoms with E-state index >= 15 is 0 Å². The summed E-state index contributed by atoms with van der Waals surface area (Å²) in [5.41, 5.74) is 0. The van der Waals surface area contributed by atoms with Crippen molar-refractivity contribution in [1.82, 2.24) is 5.32 Å². The quantitative estimate of drug-likeness (QED) is 0.886. The Morgan fingerprint density at radius 3 is 3.05 bits per heavy atom. The number of para-hydroxylation sites is 1. The lowest BCUT2D eigenvalue weighted by atomic mass is 10.1. The molecule has 5 heteroatoms. The van der Waals surface area contributed by atoms with Gasteiger partial charge < -0.3 is 14.8 Å². The summed E-state index contributed by atoms with van der Waals surface area (Å²) < 4.78 is 23.9. The molecule has 1 amide bonds. The van der Waals surface area contributed by atoms with Crippen molar-refractivity contribution in [3.63, 3.8) is 0 Å². The van der Waals surface area contributed by atoms with Crippen LogP contribution in [0.15, 0.2) is 24.3 Å².